The largest absolute Gasteiger partial charge is 0.352 e. The van der Waals surface area contributed by atoms with Gasteiger partial charge >= 0.3 is 0 Å². The molecule has 0 spiro atoms. The van der Waals surface area contributed by atoms with E-state index in [1.165, 1.54) is 4.90 Å². The first-order valence-corrected chi connectivity index (χ1v) is 18.0. The first-order chi connectivity index (χ1) is 22.6. The van der Waals surface area contributed by atoms with E-state index < -0.39 is 28.5 Å². The van der Waals surface area contributed by atoms with Gasteiger partial charge in [0.15, 0.2) is 0 Å². The summed E-state index contributed by atoms with van der Waals surface area (Å²) in [7, 11) is -4.17. The van der Waals surface area contributed by atoms with Crippen LogP contribution in [0.15, 0.2) is 108 Å². The van der Waals surface area contributed by atoms with Gasteiger partial charge in [-0.05, 0) is 73.7 Å². The van der Waals surface area contributed by atoms with E-state index in [9.17, 15) is 18.0 Å². The van der Waals surface area contributed by atoms with Crippen molar-refractivity contribution in [3.63, 3.8) is 0 Å². The molecule has 4 aromatic carbocycles. The third-order valence-electron chi connectivity index (χ3n) is 8.70. The minimum absolute atomic E-state index is 0.0255. The Kier molecular flexibility index (Phi) is 11.4. The third-order valence-corrected chi connectivity index (χ3v) is 10.9. The normalized spacial score (nSPS) is 14.3. The summed E-state index contributed by atoms with van der Waals surface area (Å²) in [6.45, 7) is 3.28. The number of benzene rings is 4. The number of nitrogens with zero attached hydrogens (tertiary/aromatic N) is 2. The number of hydrogen-bond acceptors (Lipinski definition) is 4. The van der Waals surface area contributed by atoms with Crippen molar-refractivity contribution in [2.24, 2.45) is 0 Å². The smallest absolute Gasteiger partial charge is 0.264 e. The second-order valence-corrected chi connectivity index (χ2v) is 14.6. The summed E-state index contributed by atoms with van der Waals surface area (Å²) in [5, 5.41) is 3.69. The molecule has 1 atom stereocenters. The maximum absolute atomic E-state index is 14.7. The predicted molar refractivity (Wildman–Crippen MR) is 188 cm³/mol. The van der Waals surface area contributed by atoms with Crippen LogP contribution in [0.3, 0.4) is 0 Å². The molecule has 1 aliphatic carbocycles. The molecule has 47 heavy (non-hydrogen) atoms. The highest BCUT2D eigenvalue weighted by atomic mass is 35.5. The number of hydrogen-bond donors (Lipinski definition) is 1. The molecule has 0 bridgehead atoms. The highest BCUT2D eigenvalue weighted by molar-refractivity contribution is 7.92. The van der Waals surface area contributed by atoms with Gasteiger partial charge in [0.1, 0.15) is 12.6 Å². The number of nitrogens with one attached hydrogen (secondary N) is 1. The zero-order valence-electron chi connectivity index (χ0n) is 26.9. The van der Waals surface area contributed by atoms with Crippen molar-refractivity contribution in [2.45, 2.75) is 75.9 Å². The van der Waals surface area contributed by atoms with E-state index in [0.29, 0.717) is 16.3 Å². The maximum atomic E-state index is 14.7. The topological polar surface area (TPSA) is 86.8 Å². The first kappa shape index (κ1) is 34.2. The van der Waals surface area contributed by atoms with Crippen LogP contribution in [0.5, 0.6) is 0 Å². The van der Waals surface area contributed by atoms with Gasteiger partial charge in [0.25, 0.3) is 10.0 Å². The van der Waals surface area contributed by atoms with Crippen LogP contribution in [0.4, 0.5) is 5.69 Å². The van der Waals surface area contributed by atoms with E-state index >= 15 is 0 Å². The predicted octanol–water partition coefficient (Wildman–Crippen LogP) is 7.24. The molecule has 1 fully saturated rings. The van der Waals surface area contributed by atoms with Gasteiger partial charge in [-0.2, -0.15) is 0 Å². The fraction of sp³-hybridized carbons (Fsp3) is 0.316. The second kappa shape index (κ2) is 15.6. The summed E-state index contributed by atoms with van der Waals surface area (Å²) in [6, 6.07) is 29.5. The van der Waals surface area contributed by atoms with Crippen molar-refractivity contribution in [3.8, 4) is 0 Å². The number of sulfonamides is 1. The first-order valence-electron chi connectivity index (χ1n) is 16.1. The molecule has 4 aromatic rings. The van der Waals surface area contributed by atoms with Crippen molar-refractivity contribution >= 4 is 39.1 Å². The number of amides is 2. The van der Waals surface area contributed by atoms with Crippen molar-refractivity contribution in [1.29, 1.82) is 0 Å². The highest BCUT2D eigenvalue weighted by Crippen LogP contribution is 2.27. The quantitative estimate of drug-likeness (QED) is 0.172. The lowest BCUT2D eigenvalue weighted by molar-refractivity contribution is -0.140. The molecule has 246 valence electrons. The number of aryl methyl sites for hydroxylation is 2. The van der Waals surface area contributed by atoms with Gasteiger partial charge < -0.3 is 10.2 Å². The van der Waals surface area contributed by atoms with Crippen LogP contribution in [-0.2, 0) is 32.6 Å². The molecule has 0 unspecified atom stereocenters. The van der Waals surface area contributed by atoms with Crippen LogP contribution < -0.4 is 9.62 Å². The van der Waals surface area contributed by atoms with E-state index in [1.54, 1.807) is 48.5 Å². The molecule has 0 aromatic heterocycles. The molecule has 0 aliphatic heterocycles. The Morgan fingerprint density at radius 1 is 0.830 bits per heavy atom. The number of anilines is 1. The SMILES string of the molecule is Cc1ccc(S(=O)(=O)N(CC(=O)N(Cc2ccccc2Cl)[C@H](Cc2ccccc2)C(=O)NC2CCCCC2)c2cccc(C)c2)cc1. The van der Waals surface area contributed by atoms with Crippen molar-refractivity contribution in [2.75, 3.05) is 10.8 Å². The van der Waals surface area contributed by atoms with Crippen molar-refractivity contribution < 1.29 is 18.0 Å². The summed E-state index contributed by atoms with van der Waals surface area (Å²) in [5.74, 6) is -0.772. The van der Waals surface area contributed by atoms with Crippen LogP contribution in [0.2, 0.25) is 5.02 Å². The molecule has 1 saturated carbocycles. The minimum Gasteiger partial charge on any atom is -0.352 e. The molecular formula is C38H42ClN3O4S. The average Bonchev–Trinajstić information content (AvgIpc) is 3.07. The van der Waals surface area contributed by atoms with Crippen molar-refractivity contribution in [1.82, 2.24) is 10.2 Å². The van der Waals surface area contributed by atoms with Crippen LogP contribution in [0.1, 0.15) is 54.4 Å². The second-order valence-electron chi connectivity index (χ2n) is 12.3. The number of carbonyl (C=O) groups excluding carboxylic acids is 2. The van der Waals surface area contributed by atoms with Crippen LogP contribution >= 0.6 is 11.6 Å². The summed E-state index contributed by atoms with van der Waals surface area (Å²) >= 11 is 6.61. The van der Waals surface area contributed by atoms with Gasteiger partial charge in [-0.1, -0.05) is 109 Å². The van der Waals surface area contributed by atoms with Gasteiger partial charge in [-0.3, -0.25) is 13.9 Å². The fourth-order valence-corrected chi connectivity index (χ4v) is 7.66. The van der Waals surface area contributed by atoms with E-state index in [1.807, 2.05) is 68.4 Å². The Morgan fingerprint density at radius 2 is 1.51 bits per heavy atom. The van der Waals surface area contributed by atoms with E-state index in [4.69, 9.17) is 11.6 Å². The maximum Gasteiger partial charge on any atom is 0.264 e. The lowest BCUT2D eigenvalue weighted by Gasteiger charge is -2.35. The fourth-order valence-electron chi connectivity index (χ4n) is 6.06. The Bertz CT molecular complexity index is 1770. The van der Waals surface area contributed by atoms with Gasteiger partial charge in [0.2, 0.25) is 11.8 Å². The number of carbonyl (C=O) groups is 2. The summed E-state index contributed by atoms with van der Waals surface area (Å²) in [6.07, 6.45) is 5.25. The number of rotatable bonds is 12. The van der Waals surface area contributed by atoms with Gasteiger partial charge in [-0.25, -0.2) is 8.42 Å². The minimum atomic E-state index is -4.17. The summed E-state index contributed by atoms with van der Waals surface area (Å²) in [5.41, 5.74) is 3.68. The monoisotopic (exact) mass is 671 g/mol. The Hall–Kier alpha value is -4.14. The summed E-state index contributed by atoms with van der Waals surface area (Å²) < 4.78 is 29.6. The Morgan fingerprint density at radius 3 is 2.19 bits per heavy atom. The summed E-state index contributed by atoms with van der Waals surface area (Å²) in [4.78, 5) is 30.5. The number of halogens is 1. The zero-order chi connectivity index (χ0) is 33.4. The lowest BCUT2D eigenvalue weighted by atomic mass is 9.94. The van der Waals surface area contributed by atoms with Gasteiger partial charge in [-0.15, -0.1) is 0 Å². The molecule has 1 N–H and O–H groups in total. The average molecular weight is 672 g/mol. The third kappa shape index (κ3) is 8.82. The Labute approximate surface area is 283 Å². The Balaban J connectivity index is 1.57. The van der Waals surface area contributed by atoms with Gasteiger partial charge in [0, 0.05) is 24.0 Å². The van der Waals surface area contributed by atoms with E-state index in [0.717, 1.165) is 53.1 Å². The standard InChI is InChI=1S/C38H42ClN3O4S/c1-28-20-22-34(23-21-28)47(45,46)42(33-18-11-12-29(2)24-33)27-37(43)41(26-31-15-9-10-19-35(31)39)36(25-30-13-5-3-6-14-30)38(44)40-32-16-7-4-8-17-32/h3,5-6,9-15,18-24,32,36H,4,7-8,16-17,25-27H2,1-2H3,(H,40,44)/t36-/m1/s1. The van der Waals surface area contributed by atoms with E-state index in [-0.39, 0.29) is 29.8 Å². The van der Waals surface area contributed by atoms with E-state index in [2.05, 4.69) is 5.32 Å². The molecule has 0 heterocycles. The molecule has 0 radical (unpaired) electrons. The van der Waals surface area contributed by atoms with Crippen molar-refractivity contribution in [3.05, 3.63) is 130 Å². The molecular weight excluding hydrogens is 630 g/mol. The molecule has 7 nitrogen and oxygen atoms in total. The van der Waals surface area contributed by atoms with Crippen LogP contribution in [0.25, 0.3) is 0 Å². The van der Waals surface area contributed by atoms with Gasteiger partial charge in [0.05, 0.1) is 10.6 Å². The molecule has 1 aliphatic rings. The lowest BCUT2D eigenvalue weighted by Crippen LogP contribution is -2.55. The molecule has 0 saturated heterocycles. The highest BCUT2D eigenvalue weighted by Gasteiger charge is 2.35. The molecule has 5 rings (SSSR count). The zero-order valence-corrected chi connectivity index (χ0v) is 28.5. The molecule has 9 heteroatoms. The molecule has 2 amide bonds. The van der Waals surface area contributed by atoms with Crippen LogP contribution in [0, 0.1) is 13.8 Å². The van der Waals surface area contributed by atoms with Crippen LogP contribution in [-0.4, -0.2) is 43.8 Å².